The standard InChI is InChI=1S/C23H21ClN6O2/c24-22-3-1-2-20(28-22)23(32)29-19-5-4-14(18-11-27-7-6-15(18)10-25)8-21(19)30-12-16(26)9-17(30)13-31/h1-8,11,16-17,31H,9,12-13,26H2,(H,29,32). The minimum absolute atomic E-state index is 0.0719. The molecule has 4 N–H and O–H groups in total. The van der Waals surface area contributed by atoms with Crippen molar-refractivity contribution in [2.24, 2.45) is 5.73 Å². The van der Waals surface area contributed by atoms with Crippen LogP contribution in [0.1, 0.15) is 22.5 Å². The lowest BCUT2D eigenvalue weighted by molar-refractivity contribution is 0.102. The van der Waals surface area contributed by atoms with Crippen molar-refractivity contribution >= 4 is 28.9 Å². The summed E-state index contributed by atoms with van der Waals surface area (Å²) >= 11 is 5.92. The van der Waals surface area contributed by atoms with E-state index in [0.717, 1.165) is 5.56 Å². The third-order valence-electron chi connectivity index (χ3n) is 5.41. The van der Waals surface area contributed by atoms with Gasteiger partial charge in [-0.2, -0.15) is 5.26 Å². The second-order valence-corrected chi connectivity index (χ2v) is 7.94. The lowest BCUT2D eigenvalue weighted by Gasteiger charge is -2.28. The molecule has 0 radical (unpaired) electrons. The highest BCUT2D eigenvalue weighted by Gasteiger charge is 2.31. The Hall–Kier alpha value is -3.51. The summed E-state index contributed by atoms with van der Waals surface area (Å²) in [6.45, 7) is 0.447. The molecule has 2 aromatic heterocycles. The number of pyridine rings is 2. The van der Waals surface area contributed by atoms with E-state index in [2.05, 4.69) is 21.4 Å². The molecular formula is C23H21ClN6O2. The van der Waals surface area contributed by atoms with Crippen LogP contribution in [0.4, 0.5) is 11.4 Å². The number of carbonyl (C=O) groups is 1. The molecule has 3 heterocycles. The fourth-order valence-corrected chi connectivity index (χ4v) is 4.07. The Balaban J connectivity index is 1.77. The number of aliphatic hydroxyl groups is 1. The van der Waals surface area contributed by atoms with Crippen molar-refractivity contribution in [3.8, 4) is 17.2 Å². The van der Waals surface area contributed by atoms with Crippen LogP contribution in [0.3, 0.4) is 0 Å². The Kier molecular flexibility index (Phi) is 6.32. The van der Waals surface area contributed by atoms with E-state index in [1.54, 1.807) is 42.7 Å². The SMILES string of the molecule is N#Cc1ccncc1-c1ccc(NC(=O)c2cccc(Cl)n2)c(N2CC(N)CC2CO)c1. The number of rotatable bonds is 5. The number of halogens is 1. The highest BCUT2D eigenvalue weighted by atomic mass is 35.5. The molecule has 1 amide bonds. The number of aliphatic hydroxyl groups excluding tert-OH is 1. The summed E-state index contributed by atoms with van der Waals surface area (Å²) in [5.74, 6) is -0.412. The average molecular weight is 449 g/mol. The Morgan fingerprint density at radius 1 is 1.34 bits per heavy atom. The van der Waals surface area contributed by atoms with Crippen molar-refractivity contribution < 1.29 is 9.90 Å². The number of amides is 1. The van der Waals surface area contributed by atoms with Gasteiger partial charge in [-0.15, -0.1) is 0 Å². The van der Waals surface area contributed by atoms with Crippen LogP contribution in [0, 0.1) is 11.3 Å². The zero-order chi connectivity index (χ0) is 22.7. The monoisotopic (exact) mass is 448 g/mol. The predicted octanol–water partition coefficient (Wildman–Crippen LogP) is 2.82. The first-order chi connectivity index (χ1) is 15.5. The van der Waals surface area contributed by atoms with Gasteiger partial charge in [0, 0.05) is 30.5 Å². The Labute approximate surface area is 190 Å². The van der Waals surface area contributed by atoms with Gasteiger partial charge in [0.05, 0.1) is 35.7 Å². The molecule has 2 atom stereocenters. The van der Waals surface area contributed by atoms with Gasteiger partial charge in [-0.1, -0.05) is 23.7 Å². The van der Waals surface area contributed by atoms with Crippen molar-refractivity contribution in [2.75, 3.05) is 23.4 Å². The predicted molar refractivity (Wildman–Crippen MR) is 122 cm³/mol. The van der Waals surface area contributed by atoms with Crippen LogP contribution in [0.5, 0.6) is 0 Å². The molecule has 0 bridgehead atoms. The third kappa shape index (κ3) is 4.41. The molecule has 4 rings (SSSR count). The average Bonchev–Trinajstić information content (AvgIpc) is 3.19. The van der Waals surface area contributed by atoms with E-state index >= 15 is 0 Å². The van der Waals surface area contributed by atoms with Crippen LogP contribution in [-0.4, -0.2) is 46.2 Å². The number of benzene rings is 1. The van der Waals surface area contributed by atoms with Crippen molar-refractivity contribution in [1.29, 1.82) is 5.26 Å². The topological polar surface area (TPSA) is 128 Å². The molecular weight excluding hydrogens is 428 g/mol. The van der Waals surface area contributed by atoms with Gasteiger partial charge in [-0.05, 0) is 42.3 Å². The first kappa shape index (κ1) is 21.7. The van der Waals surface area contributed by atoms with Crippen LogP contribution in [0.2, 0.25) is 5.15 Å². The van der Waals surface area contributed by atoms with Gasteiger partial charge < -0.3 is 21.1 Å². The molecule has 0 aliphatic carbocycles. The van der Waals surface area contributed by atoms with Crippen LogP contribution < -0.4 is 16.0 Å². The summed E-state index contributed by atoms with van der Waals surface area (Å²) in [5.41, 5.74) is 9.51. The molecule has 3 aromatic rings. The zero-order valence-corrected chi connectivity index (χ0v) is 17.8. The summed E-state index contributed by atoms with van der Waals surface area (Å²) < 4.78 is 0. The molecule has 1 fully saturated rings. The smallest absolute Gasteiger partial charge is 0.274 e. The molecule has 162 valence electrons. The fraction of sp³-hybridized carbons (Fsp3) is 0.217. The first-order valence-electron chi connectivity index (χ1n) is 10.1. The molecule has 1 saturated heterocycles. The van der Waals surface area contributed by atoms with Crippen LogP contribution in [0.15, 0.2) is 54.9 Å². The molecule has 1 aromatic carbocycles. The number of nitriles is 1. The lowest BCUT2D eigenvalue weighted by Crippen LogP contribution is -2.33. The van der Waals surface area contributed by atoms with E-state index in [4.69, 9.17) is 17.3 Å². The Bertz CT molecular complexity index is 1200. The number of nitrogens with two attached hydrogens (primary N) is 1. The first-order valence-corrected chi connectivity index (χ1v) is 10.4. The van der Waals surface area contributed by atoms with E-state index in [1.807, 2.05) is 17.0 Å². The maximum Gasteiger partial charge on any atom is 0.274 e. The molecule has 9 heteroatoms. The summed E-state index contributed by atoms with van der Waals surface area (Å²) in [6, 6.07) is 13.8. The minimum atomic E-state index is -0.412. The van der Waals surface area contributed by atoms with E-state index in [-0.39, 0.29) is 29.5 Å². The van der Waals surface area contributed by atoms with Crippen LogP contribution in [-0.2, 0) is 0 Å². The third-order valence-corrected chi connectivity index (χ3v) is 5.62. The number of nitrogens with zero attached hydrogens (tertiary/aromatic N) is 4. The fourth-order valence-electron chi connectivity index (χ4n) is 3.91. The van der Waals surface area contributed by atoms with Gasteiger partial charge in [0.15, 0.2) is 0 Å². The summed E-state index contributed by atoms with van der Waals surface area (Å²) in [6.07, 6.45) is 3.82. The second-order valence-electron chi connectivity index (χ2n) is 7.55. The number of anilines is 2. The largest absolute Gasteiger partial charge is 0.394 e. The lowest BCUT2D eigenvalue weighted by atomic mass is 10.0. The summed E-state index contributed by atoms with van der Waals surface area (Å²) in [4.78, 5) is 23.0. The normalized spacial score (nSPS) is 17.8. The number of hydrogen-bond acceptors (Lipinski definition) is 7. The number of aromatic nitrogens is 2. The van der Waals surface area contributed by atoms with Crippen molar-refractivity contribution in [2.45, 2.75) is 18.5 Å². The Morgan fingerprint density at radius 3 is 2.94 bits per heavy atom. The quantitative estimate of drug-likeness (QED) is 0.512. The van der Waals surface area contributed by atoms with E-state index in [0.29, 0.717) is 35.5 Å². The second kappa shape index (κ2) is 9.32. The highest BCUT2D eigenvalue weighted by molar-refractivity contribution is 6.29. The maximum absolute atomic E-state index is 12.8. The zero-order valence-electron chi connectivity index (χ0n) is 17.1. The van der Waals surface area contributed by atoms with Crippen molar-refractivity contribution in [1.82, 2.24) is 9.97 Å². The van der Waals surface area contributed by atoms with Crippen LogP contribution in [0.25, 0.3) is 11.1 Å². The number of hydrogen-bond donors (Lipinski definition) is 3. The van der Waals surface area contributed by atoms with Gasteiger partial charge in [-0.25, -0.2) is 4.98 Å². The molecule has 8 nitrogen and oxygen atoms in total. The van der Waals surface area contributed by atoms with Gasteiger partial charge in [0.25, 0.3) is 5.91 Å². The summed E-state index contributed by atoms with van der Waals surface area (Å²) in [7, 11) is 0. The molecule has 2 unspecified atom stereocenters. The molecule has 32 heavy (non-hydrogen) atoms. The van der Waals surface area contributed by atoms with Gasteiger partial charge in [-0.3, -0.25) is 9.78 Å². The van der Waals surface area contributed by atoms with E-state index in [9.17, 15) is 15.2 Å². The highest BCUT2D eigenvalue weighted by Crippen LogP contribution is 2.36. The van der Waals surface area contributed by atoms with Crippen molar-refractivity contribution in [3.63, 3.8) is 0 Å². The van der Waals surface area contributed by atoms with Gasteiger partial charge in [0.1, 0.15) is 10.8 Å². The maximum atomic E-state index is 12.8. The van der Waals surface area contributed by atoms with E-state index < -0.39 is 5.91 Å². The van der Waals surface area contributed by atoms with Crippen molar-refractivity contribution in [3.05, 3.63) is 71.3 Å². The molecule has 0 saturated carbocycles. The number of carbonyl (C=O) groups excluding carboxylic acids is 1. The molecule has 0 spiro atoms. The minimum Gasteiger partial charge on any atom is -0.394 e. The summed E-state index contributed by atoms with van der Waals surface area (Å²) in [5, 5.41) is 22.5. The Morgan fingerprint density at radius 2 is 2.19 bits per heavy atom. The van der Waals surface area contributed by atoms with E-state index in [1.165, 1.54) is 0 Å². The van der Waals surface area contributed by atoms with Gasteiger partial charge in [0.2, 0.25) is 0 Å². The number of nitrogens with one attached hydrogen (secondary N) is 1. The van der Waals surface area contributed by atoms with Crippen LogP contribution >= 0.6 is 11.6 Å². The van der Waals surface area contributed by atoms with Gasteiger partial charge >= 0.3 is 0 Å². The molecule has 1 aliphatic heterocycles. The molecule has 1 aliphatic rings.